The molecule has 7 nitrogen and oxygen atoms in total. The molecule has 0 spiro atoms. The Labute approximate surface area is 163 Å². The van der Waals surface area contributed by atoms with Gasteiger partial charge in [0.15, 0.2) is 5.82 Å². The van der Waals surface area contributed by atoms with E-state index in [-0.39, 0.29) is 18.4 Å². The van der Waals surface area contributed by atoms with E-state index in [1.54, 1.807) is 24.8 Å². The zero-order chi connectivity index (χ0) is 19.1. The SMILES string of the molecule is Cc1cc(NC(=O)CN2CCN(C(=O)CCSc3ccccc3)CC2)no1. The molecular weight excluding hydrogens is 364 g/mol. The maximum absolute atomic E-state index is 12.4. The number of aromatic nitrogens is 1. The average Bonchev–Trinajstić information content (AvgIpc) is 3.07. The summed E-state index contributed by atoms with van der Waals surface area (Å²) in [7, 11) is 0. The summed E-state index contributed by atoms with van der Waals surface area (Å²) in [6.45, 7) is 4.77. The highest BCUT2D eigenvalue weighted by atomic mass is 32.2. The number of carbonyl (C=O) groups is 2. The van der Waals surface area contributed by atoms with Crippen molar-refractivity contribution in [1.82, 2.24) is 15.0 Å². The Morgan fingerprint density at radius 2 is 1.93 bits per heavy atom. The summed E-state index contributed by atoms with van der Waals surface area (Å²) in [5, 5.41) is 6.47. The fourth-order valence-electron chi connectivity index (χ4n) is 2.90. The maximum atomic E-state index is 12.4. The van der Waals surface area contributed by atoms with Crippen LogP contribution in [-0.2, 0) is 9.59 Å². The zero-order valence-electron chi connectivity index (χ0n) is 15.4. The fourth-order valence-corrected chi connectivity index (χ4v) is 3.76. The smallest absolute Gasteiger partial charge is 0.239 e. The first-order valence-corrected chi connectivity index (χ1v) is 10.00. The zero-order valence-corrected chi connectivity index (χ0v) is 16.2. The lowest BCUT2D eigenvalue weighted by Crippen LogP contribution is -2.50. The molecule has 2 aromatic rings. The van der Waals surface area contributed by atoms with Crippen LogP contribution in [0.15, 0.2) is 45.8 Å². The number of rotatable bonds is 7. The van der Waals surface area contributed by atoms with Gasteiger partial charge in [0, 0.05) is 49.3 Å². The van der Waals surface area contributed by atoms with Crippen LogP contribution in [0, 0.1) is 6.92 Å². The lowest BCUT2D eigenvalue weighted by atomic mass is 10.3. The predicted molar refractivity (Wildman–Crippen MR) is 105 cm³/mol. The predicted octanol–water partition coefficient (Wildman–Crippen LogP) is 2.25. The third-order valence-corrected chi connectivity index (χ3v) is 5.33. The summed E-state index contributed by atoms with van der Waals surface area (Å²) in [4.78, 5) is 29.5. The number of nitrogens with one attached hydrogen (secondary N) is 1. The molecule has 144 valence electrons. The summed E-state index contributed by atoms with van der Waals surface area (Å²) >= 11 is 1.70. The van der Waals surface area contributed by atoms with E-state index in [2.05, 4.69) is 22.6 Å². The minimum atomic E-state index is -0.123. The molecule has 0 bridgehead atoms. The van der Waals surface area contributed by atoms with Gasteiger partial charge in [0.1, 0.15) is 5.76 Å². The number of benzene rings is 1. The van der Waals surface area contributed by atoms with Gasteiger partial charge in [-0.15, -0.1) is 11.8 Å². The molecule has 2 amide bonds. The van der Waals surface area contributed by atoms with Crippen LogP contribution in [0.4, 0.5) is 5.82 Å². The van der Waals surface area contributed by atoms with E-state index in [4.69, 9.17) is 4.52 Å². The first-order chi connectivity index (χ1) is 13.1. The molecule has 0 radical (unpaired) electrons. The summed E-state index contributed by atoms with van der Waals surface area (Å²) in [6.07, 6.45) is 0.533. The van der Waals surface area contributed by atoms with E-state index < -0.39 is 0 Å². The number of anilines is 1. The van der Waals surface area contributed by atoms with E-state index in [0.29, 0.717) is 44.2 Å². The third kappa shape index (κ3) is 6.11. The molecule has 1 N–H and O–H groups in total. The lowest BCUT2D eigenvalue weighted by Gasteiger charge is -2.34. The number of carbonyl (C=O) groups excluding carboxylic acids is 2. The van der Waals surface area contributed by atoms with Gasteiger partial charge in [-0.3, -0.25) is 14.5 Å². The lowest BCUT2D eigenvalue weighted by molar-refractivity contribution is -0.132. The van der Waals surface area contributed by atoms with E-state index in [1.807, 2.05) is 28.0 Å². The molecule has 0 atom stereocenters. The largest absolute Gasteiger partial charge is 0.360 e. The van der Waals surface area contributed by atoms with Crippen LogP contribution in [0.1, 0.15) is 12.2 Å². The van der Waals surface area contributed by atoms with Crippen LogP contribution < -0.4 is 5.32 Å². The Hall–Kier alpha value is -2.32. The van der Waals surface area contributed by atoms with Gasteiger partial charge in [-0.2, -0.15) is 0 Å². The van der Waals surface area contributed by atoms with Crippen LogP contribution in [-0.4, -0.2) is 65.2 Å². The van der Waals surface area contributed by atoms with E-state index in [1.165, 1.54) is 4.90 Å². The Morgan fingerprint density at radius 3 is 2.59 bits per heavy atom. The van der Waals surface area contributed by atoms with Gasteiger partial charge in [-0.25, -0.2) is 0 Å². The highest BCUT2D eigenvalue weighted by Crippen LogP contribution is 2.18. The van der Waals surface area contributed by atoms with Crippen LogP contribution in [0.5, 0.6) is 0 Å². The van der Waals surface area contributed by atoms with Gasteiger partial charge >= 0.3 is 0 Å². The Bertz CT molecular complexity index is 757. The normalized spacial score (nSPS) is 14.9. The van der Waals surface area contributed by atoms with E-state index in [0.717, 1.165) is 5.75 Å². The van der Waals surface area contributed by atoms with Gasteiger partial charge in [-0.05, 0) is 19.1 Å². The summed E-state index contributed by atoms with van der Waals surface area (Å²) in [5.74, 6) is 1.93. The molecule has 3 rings (SSSR count). The molecule has 2 heterocycles. The molecule has 27 heavy (non-hydrogen) atoms. The van der Waals surface area contributed by atoms with Crippen molar-refractivity contribution in [3.8, 4) is 0 Å². The second kappa shape index (κ2) is 9.57. The van der Waals surface area contributed by atoms with Crippen LogP contribution >= 0.6 is 11.8 Å². The minimum absolute atomic E-state index is 0.123. The summed E-state index contributed by atoms with van der Waals surface area (Å²) in [5.41, 5.74) is 0. The molecule has 1 aliphatic rings. The average molecular weight is 388 g/mol. The van der Waals surface area contributed by atoms with E-state index >= 15 is 0 Å². The van der Waals surface area contributed by atoms with Crippen molar-refractivity contribution < 1.29 is 14.1 Å². The number of hydrogen-bond donors (Lipinski definition) is 1. The fraction of sp³-hybridized carbons (Fsp3) is 0.421. The summed E-state index contributed by atoms with van der Waals surface area (Å²) < 4.78 is 4.93. The molecule has 1 saturated heterocycles. The highest BCUT2D eigenvalue weighted by Gasteiger charge is 2.22. The number of piperazine rings is 1. The van der Waals surface area contributed by atoms with Crippen LogP contribution in [0.2, 0.25) is 0 Å². The first kappa shape index (κ1) is 19.4. The maximum Gasteiger partial charge on any atom is 0.239 e. The molecule has 1 fully saturated rings. The molecule has 0 aliphatic carbocycles. The van der Waals surface area contributed by atoms with Crippen molar-refractivity contribution in [3.05, 3.63) is 42.2 Å². The molecule has 0 saturated carbocycles. The van der Waals surface area contributed by atoms with Gasteiger partial charge in [0.25, 0.3) is 0 Å². The molecule has 1 aromatic carbocycles. The van der Waals surface area contributed by atoms with Crippen molar-refractivity contribution in [3.63, 3.8) is 0 Å². The van der Waals surface area contributed by atoms with Gasteiger partial charge in [0.05, 0.1) is 6.54 Å². The molecular formula is C19H24N4O3S. The molecule has 1 aliphatic heterocycles. The molecule has 0 unspecified atom stereocenters. The van der Waals surface area contributed by atoms with Crippen LogP contribution in [0.25, 0.3) is 0 Å². The quantitative estimate of drug-likeness (QED) is 0.733. The number of thioether (sulfide) groups is 1. The molecule has 8 heteroatoms. The Balaban J connectivity index is 1.34. The Morgan fingerprint density at radius 1 is 1.19 bits per heavy atom. The van der Waals surface area contributed by atoms with Crippen molar-refractivity contribution in [2.75, 3.05) is 43.8 Å². The number of hydrogen-bond acceptors (Lipinski definition) is 6. The van der Waals surface area contributed by atoms with E-state index in [9.17, 15) is 9.59 Å². The second-order valence-corrected chi connectivity index (χ2v) is 7.61. The first-order valence-electron chi connectivity index (χ1n) is 9.01. The van der Waals surface area contributed by atoms with Crippen LogP contribution in [0.3, 0.4) is 0 Å². The van der Waals surface area contributed by atoms with Gasteiger partial charge in [0.2, 0.25) is 11.8 Å². The number of nitrogens with zero attached hydrogens (tertiary/aromatic N) is 3. The van der Waals surface area contributed by atoms with Gasteiger partial charge < -0.3 is 14.7 Å². The number of amides is 2. The summed E-state index contributed by atoms with van der Waals surface area (Å²) in [6, 6.07) is 11.8. The topological polar surface area (TPSA) is 78.7 Å². The Kier molecular flexibility index (Phi) is 6.89. The van der Waals surface area contributed by atoms with Gasteiger partial charge in [-0.1, -0.05) is 23.4 Å². The highest BCUT2D eigenvalue weighted by molar-refractivity contribution is 7.99. The number of aryl methyl sites for hydroxylation is 1. The van der Waals surface area contributed by atoms with Crippen molar-refractivity contribution in [2.45, 2.75) is 18.2 Å². The van der Waals surface area contributed by atoms with Crippen molar-refractivity contribution in [2.24, 2.45) is 0 Å². The minimum Gasteiger partial charge on any atom is -0.360 e. The second-order valence-electron chi connectivity index (χ2n) is 6.44. The monoisotopic (exact) mass is 388 g/mol. The standard InChI is InChI=1S/C19H24N4O3S/c1-15-13-17(21-26-15)20-18(24)14-22-8-10-23(11-9-22)19(25)7-12-27-16-5-3-2-4-6-16/h2-6,13H,7-12,14H2,1H3,(H,20,21,24). The van der Waals surface area contributed by atoms with Crippen molar-refractivity contribution in [1.29, 1.82) is 0 Å². The van der Waals surface area contributed by atoms with Crippen molar-refractivity contribution >= 4 is 29.4 Å². The molecule has 1 aromatic heterocycles. The third-order valence-electron chi connectivity index (χ3n) is 4.32.